The highest BCUT2D eigenvalue weighted by molar-refractivity contribution is 5.94. The Morgan fingerprint density at radius 3 is 2.69 bits per heavy atom. The summed E-state index contributed by atoms with van der Waals surface area (Å²) in [5, 5.41) is 21.1. The van der Waals surface area contributed by atoms with Gasteiger partial charge in [0.05, 0.1) is 17.4 Å². The molecule has 0 fully saturated rings. The zero-order valence-electron chi connectivity index (χ0n) is 19.9. The van der Waals surface area contributed by atoms with Crippen LogP contribution in [-0.4, -0.2) is 50.8 Å². The second kappa shape index (κ2) is 9.13. The Morgan fingerprint density at radius 1 is 1.03 bits per heavy atom. The predicted octanol–water partition coefficient (Wildman–Crippen LogP) is 4.57. The monoisotopic (exact) mass is 486 g/mol. The summed E-state index contributed by atoms with van der Waals surface area (Å²) in [6.45, 7) is 3.22. The summed E-state index contributed by atoms with van der Waals surface area (Å²) in [7, 11) is 3.97. The summed E-state index contributed by atoms with van der Waals surface area (Å²) >= 11 is 0. The number of halogens is 1. The van der Waals surface area contributed by atoms with Crippen LogP contribution >= 0.6 is 12.4 Å². The highest BCUT2D eigenvalue weighted by atomic mass is 35.5. The van der Waals surface area contributed by atoms with Gasteiger partial charge in [-0.25, -0.2) is 9.67 Å². The number of aromatic amines is 1. The van der Waals surface area contributed by atoms with E-state index in [-0.39, 0.29) is 12.4 Å². The van der Waals surface area contributed by atoms with Crippen LogP contribution in [0.1, 0.15) is 24.1 Å². The normalized spacial score (nSPS) is 15.0. The first kappa shape index (κ1) is 23.0. The predicted molar refractivity (Wildman–Crippen MR) is 141 cm³/mol. The number of benzene rings is 2. The average molecular weight is 487 g/mol. The van der Waals surface area contributed by atoms with Crippen LogP contribution in [0.2, 0.25) is 0 Å². The first-order chi connectivity index (χ1) is 16.6. The van der Waals surface area contributed by atoms with Crippen molar-refractivity contribution in [2.45, 2.75) is 19.4 Å². The third-order valence-electron chi connectivity index (χ3n) is 6.54. The van der Waals surface area contributed by atoms with Crippen LogP contribution in [-0.2, 0) is 6.42 Å². The third kappa shape index (κ3) is 4.15. The smallest absolute Gasteiger partial charge is 0.134 e. The van der Waals surface area contributed by atoms with Crippen molar-refractivity contribution in [2.75, 3.05) is 25.5 Å². The van der Waals surface area contributed by atoms with Gasteiger partial charge in [-0.05, 0) is 73.0 Å². The molecule has 6 rings (SSSR count). The maximum Gasteiger partial charge on any atom is 0.134 e. The Bertz CT molecular complexity index is 1490. The Labute approximate surface area is 209 Å². The molecule has 1 atom stereocenters. The lowest BCUT2D eigenvalue weighted by atomic mass is 9.95. The molecule has 1 aliphatic heterocycles. The summed E-state index contributed by atoms with van der Waals surface area (Å²) in [5.74, 6) is 0.929. The summed E-state index contributed by atoms with van der Waals surface area (Å²) in [6, 6.07) is 17.2. The Hall–Kier alpha value is -3.75. The maximum atomic E-state index is 4.55. The number of rotatable bonds is 4. The summed E-state index contributed by atoms with van der Waals surface area (Å²) in [6.07, 6.45) is 4.90. The van der Waals surface area contributed by atoms with Crippen LogP contribution in [0, 0.1) is 0 Å². The highest BCUT2D eigenvalue weighted by Gasteiger charge is 2.18. The van der Waals surface area contributed by atoms with Crippen molar-refractivity contribution in [1.82, 2.24) is 35.5 Å². The number of anilines is 1. The van der Waals surface area contributed by atoms with Gasteiger partial charge in [-0.1, -0.05) is 17.3 Å². The molecule has 0 saturated heterocycles. The Kier molecular flexibility index (Phi) is 6.00. The van der Waals surface area contributed by atoms with Gasteiger partial charge in [0.2, 0.25) is 0 Å². The van der Waals surface area contributed by atoms with Crippen molar-refractivity contribution in [3.63, 3.8) is 0 Å². The van der Waals surface area contributed by atoms with Crippen LogP contribution in [0.4, 0.5) is 5.82 Å². The molecular weight excluding hydrogens is 460 g/mol. The molecule has 5 aromatic rings. The van der Waals surface area contributed by atoms with E-state index in [0.717, 1.165) is 57.9 Å². The number of pyridine rings is 1. The zero-order valence-corrected chi connectivity index (χ0v) is 20.7. The molecule has 8 nitrogen and oxygen atoms in total. The van der Waals surface area contributed by atoms with Gasteiger partial charge in [-0.15, -0.1) is 17.5 Å². The lowest BCUT2D eigenvalue weighted by molar-refractivity contribution is 0.540. The minimum atomic E-state index is 0. The Morgan fingerprint density at radius 2 is 1.89 bits per heavy atom. The molecule has 1 aliphatic rings. The number of hydrogen-bond acceptors (Lipinski definition) is 6. The molecule has 9 heteroatoms. The third-order valence-corrected chi connectivity index (χ3v) is 6.54. The molecule has 0 radical (unpaired) electrons. The molecule has 0 spiro atoms. The number of hydrogen-bond donors (Lipinski definition) is 2. The van der Waals surface area contributed by atoms with E-state index in [9.17, 15) is 0 Å². The van der Waals surface area contributed by atoms with Gasteiger partial charge in [0.1, 0.15) is 17.2 Å². The lowest BCUT2D eigenvalue weighted by Gasteiger charge is -2.24. The van der Waals surface area contributed by atoms with Crippen LogP contribution < -0.4 is 10.2 Å². The fourth-order valence-electron chi connectivity index (χ4n) is 4.60. The number of H-pyrrole nitrogens is 1. The van der Waals surface area contributed by atoms with Crippen molar-refractivity contribution in [3.8, 4) is 28.2 Å². The standard InChI is InChI=1S/C26H26N8.ClH/c1-16-21-13-20(7-4-17(21)10-11-27-16)34-15-24(30-32-34)26-22-12-18(5-8-23(22)29-31-26)19-6-9-25(28-14-19)33(2)3;/h4-9,12-16,27H,10-11H2,1-3H3,(H,29,31);1H. The molecule has 2 aromatic carbocycles. The molecule has 2 N–H and O–H groups in total. The number of fused-ring (bicyclic) bond motifs is 2. The van der Waals surface area contributed by atoms with Crippen molar-refractivity contribution < 1.29 is 0 Å². The summed E-state index contributed by atoms with van der Waals surface area (Å²) in [4.78, 5) is 6.54. The van der Waals surface area contributed by atoms with Gasteiger partial charge >= 0.3 is 0 Å². The van der Waals surface area contributed by atoms with Gasteiger partial charge in [0.15, 0.2) is 0 Å². The Balaban J connectivity index is 0.00000253. The van der Waals surface area contributed by atoms with E-state index in [0.29, 0.717) is 6.04 Å². The quantitative estimate of drug-likeness (QED) is 0.387. The fourth-order valence-corrected chi connectivity index (χ4v) is 4.60. The van der Waals surface area contributed by atoms with Crippen molar-refractivity contribution in [1.29, 1.82) is 0 Å². The molecule has 0 aliphatic carbocycles. The largest absolute Gasteiger partial charge is 0.363 e. The van der Waals surface area contributed by atoms with E-state index in [1.807, 2.05) is 48.2 Å². The first-order valence-corrected chi connectivity index (χ1v) is 11.5. The van der Waals surface area contributed by atoms with Crippen LogP contribution in [0.5, 0.6) is 0 Å². The van der Waals surface area contributed by atoms with E-state index < -0.39 is 0 Å². The lowest BCUT2D eigenvalue weighted by Crippen LogP contribution is -2.27. The molecule has 0 bridgehead atoms. The number of nitrogens with one attached hydrogen (secondary N) is 2. The molecule has 0 amide bonds. The van der Waals surface area contributed by atoms with E-state index in [1.165, 1.54) is 11.1 Å². The van der Waals surface area contributed by atoms with E-state index >= 15 is 0 Å². The van der Waals surface area contributed by atoms with E-state index in [1.54, 1.807) is 0 Å². The molecule has 4 heterocycles. The second-order valence-corrected chi connectivity index (χ2v) is 8.99. The SMILES string of the molecule is CC1NCCc2ccc(-n3cc(-c4n[nH]c5ccc(-c6ccc(N(C)C)nc6)cc45)nn3)cc21.Cl. The minimum Gasteiger partial charge on any atom is -0.363 e. The van der Waals surface area contributed by atoms with Crippen molar-refractivity contribution in [3.05, 3.63) is 72.1 Å². The molecule has 1 unspecified atom stereocenters. The molecule has 3 aromatic heterocycles. The van der Waals surface area contributed by atoms with Crippen LogP contribution in [0.25, 0.3) is 39.1 Å². The number of aromatic nitrogens is 6. The van der Waals surface area contributed by atoms with Gasteiger partial charge in [0, 0.05) is 37.3 Å². The van der Waals surface area contributed by atoms with Crippen LogP contribution in [0.3, 0.4) is 0 Å². The van der Waals surface area contributed by atoms with E-state index in [4.69, 9.17) is 0 Å². The van der Waals surface area contributed by atoms with Crippen molar-refractivity contribution in [2.24, 2.45) is 0 Å². The fraction of sp³-hybridized carbons (Fsp3) is 0.231. The summed E-state index contributed by atoms with van der Waals surface area (Å²) < 4.78 is 1.82. The zero-order chi connectivity index (χ0) is 23.2. The minimum absolute atomic E-state index is 0. The van der Waals surface area contributed by atoms with Crippen LogP contribution in [0.15, 0.2) is 60.9 Å². The average Bonchev–Trinajstić information content (AvgIpc) is 3.51. The topological polar surface area (TPSA) is 87.5 Å². The molecule has 35 heavy (non-hydrogen) atoms. The molecule has 0 saturated carbocycles. The van der Waals surface area contributed by atoms with Crippen molar-refractivity contribution >= 4 is 29.1 Å². The molecule has 178 valence electrons. The summed E-state index contributed by atoms with van der Waals surface area (Å²) in [5.41, 5.74) is 8.33. The van der Waals surface area contributed by atoms with Gasteiger partial charge < -0.3 is 10.2 Å². The van der Waals surface area contributed by atoms with Gasteiger partial charge in [-0.2, -0.15) is 5.10 Å². The van der Waals surface area contributed by atoms with Gasteiger partial charge in [0.25, 0.3) is 0 Å². The molecular formula is C26H27ClN8. The maximum absolute atomic E-state index is 4.55. The highest BCUT2D eigenvalue weighted by Crippen LogP contribution is 2.31. The first-order valence-electron chi connectivity index (χ1n) is 11.5. The second-order valence-electron chi connectivity index (χ2n) is 8.99. The van der Waals surface area contributed by atoms with E-state index in [2.05, 4.69) is 74.1 Å². The van der Waals surface area contributed by atoms with Gasteiger partial charge in [-0.3, -0.25) is 5.10 Å². The number of nitrogens with zero attached hydrogens (tertiary/aromatic N) is 6.